The summed E-state index contributed by atoms with van der Waals surface area (Å²) in [6.45, 7) is 8.90. The van der Waals surface area contributed by atoms with Gasteiger partial charge in [0.2, 0.25) is 10.0 Å². The van der Waals surface area contributed by atoms with Crippen LogP contribution < -0.4 is 5.32 Å². The lowest BCUT2D eigenvalue weighted by Gasteiger charge is -2.19. The Morgan fingerprint density at radius 1 is 1.00 bits per heavy atom. The van der Waals surface area contributed by atoms with E-state index in [1.54, 1.807) is 12.1 Å². The zero-order chi connectivity index (χ0) is 20.5. The van der Waals surface area contributed by atoms with Crippen LogP contribution in [0.3, 0.4) is 0 Å². The predicted molar refractivity (Wildman–Crippen MR) is 111 cm³/mol. The third-order valence-corrected chi connectivity index (χ3v) is 7.30. The molecule has 0 radical (unpaired) electrons. The molecule has 1 saturated heterocycles. The van der Waals surface area contributed by atoms with Crippen molar-refractivity contribution < 1.29 is 13.2 Å². The quantitative estimate of drug-likeness (QED) is 0.828. The Morgan fingerprint density at radius 3 is 2.32 bits per heavy atom. The molecule has 28 heavy (non-hydrogen) atoms. The standard InChI is InChI=1S/C22H28N2O3S/c1-15-7-8-16(2)20(13-15)18(4)23-22(25)21-14-19(10-9-17(21)3)28(26,27)24-11-5-6-12-24/h7-10,13-14,18H,5-6,11-12H2,1-4H3,(H,23,25). The monoisotopic (exact) mass is 400 g/mol. The molecular weight excluding hydrogens is 372 g/mol. The van der Waals surface area contributed by atoms with E-state index in [0.29, 0.717) is 18.7 Å². The van der Waals surface area contributed by atoms with Gasteiger partial charge in [0.15, 0.2) is 0 Å². The average molecular weight is 401 g/mol. The molecule has 1 N–H and O–H groups in total. The van der Waals surface area contributed by atoms with E-state index in [1.807, 2.05) is 39.8 Å². The SMILES string of the molecule is Cc1ccc(C)c(C(C)NC(=O)c2cc(S(=O)(=O)N3CCCC3)ccc2C)c1. The van der Waals surface area contributed by atoms with E-state index in [4.69, 9.17) is 0 Å². The number of nitrogens with one attached hydrogen (secondary N) is 1. The van der Waals surface area contributed by atoms with Gasteiger partial charge in [-0.15, -0.1) is 0 Å². The van der Waals surface area contributed by atoms with E-state index >= 15 is 0 Å². The summed E-state index contributed by atoms with van der Waals surface area (Å²) in [5.41, 5.74) is 4.47. The van der Waals surface area contributed by atoms with E-state index < -0.39 is 10.0 Å². The van der Waals surface area contributed by atoms with Crippen LogP contribution in [0.5, 0.6) is 0 Å². The van der Waals surface area contributed by atoms with Crippen LogP contribution in [-0.4, -0.2) is 31.7 Å². The Morgan fingerprint density at radius 2 is 1.64 bits per heavy atom. The van der Waals surface area contributed by atoms with Crippen molar-refractivity contribution in [3.8, 4) is 0 Å². The maximum Gasteiger partial charge on any atom is 0.252 e. The summed E-state index contributed by atoms with van der Waals surface area (Å²) in [5, 5.41) is 3.02. The van der Waals surface area contributed by atoms with Gasteiger partial charge in [-0.3, -0.25) is 4.79 Å². The Kier molecular flexibility index (Phi) is 5.91. The lowest BCUT2D eigenvalue weighted by molar-refractivity contribution is 0.0939. The van der Waals surface area contributed by atoms with Crippen molar-refractivity contribution in [2.24, 2.45) is 0 Å². The van der Waals surface area contributed by atoms with Gasteiger partial charge < -0.3 is 5.32 Å². The van der Waals surface area contributed by atoms with Crippen LogP contribution in [0.25, 0.3) is 0 Å². The molecule has 2 aromatic rings. The Bertz CT molecular complexity index is 993. The first kappa shape index (κ1) is 20.6. The maximum absolute atomic E-state index is 12.9. The highest BCUT2D eigenvalue weighted by molar-refractivity contribution is 7.89. The summed E-state index contributed by atoms with van der Waals surface area (Å²) >= 11 is 0. The van der Waals surface area contributed by atoms with Gasteiger partial charge in [-0.25, -0.2) is 8.42 Å². The fourth-order valence-electron chi connectivity index (χ4n) is 3.66. The number of hydrogen-bond acceptors (Lipinski definition) is 3. The van der Waals surface area contributed by atoms with Crippen LogP contribution >= 0.6 is 0 Å². The van der Waals surface area contributed by atoms with Gasteiger partial charge in [-0.05, 0) is 69.4 Å². The summed E-state index contributed by atoms with van der Waals surface area (Å²) in [6, 6.07) is 10.8. The molecule has 3 rings (SSSR count). The van der Waals surface area contributed by atoms with Crippen LogP contribution in [0.4, 0.5) is 0 Å². The molecule has 1 amide bonds. The normalized spacial score (nSPS) is 16.1. The molecule has 5 nitrogen and oxygen atoms in total. The number of nitrogens with zero attached hydrogens (tertiary/aromatic N) is 1. The highest BCUT2D eigenvalue weighted by Crippen LogP contribution is 2.24. The molecule has 1 atom stereocenters. The molecule has 0 aliphatic carbocycles. The minimum atomic E-state index is -3.55. The fourth-order valence-corrected chi connectivity index (χ4v) is 5.21. The van der Waals surface area contributed by atoms with E-state index in [0.717, 1.165) is 35.1 Å². The van der Waals surface area contributed by atoms with Crippen molar-refractivity contribution in [1.29, 1.82) is 0 Å². The van der Waals surface area contributed by atoms with Gasteiger partial charge in [0.1, 0.15) is 0 Å². The smallest absolute Gasteiger partial charge is 0.252 e. The van der Waals surface area contributed by atoms with Crippen LogP contribution in [-0.2, 0) is 10.0 Å². The average Bonchev–Trinajstić information content (AvgIpc) is 3.19. The van der Waals surface area contributed by atoms with Crippen molar-refractivity contribution in [3.63, 3.8) is 0 Å². The first-order chi connectivity index (χ1) is 13.2. The van der Waals surface area contributed by atoms with Crippen molar-refractivity contribution >= 4 is 15.9 Å². The van der Waals surface area contributed by atoms with E-state index in [1.165, 1.54) is 10.4 Å². The number of benzene rings is 2. The molecular formula is C22H28N2O3S. The summed E-state index contributed by atoms with van der Waals surface area (Å²) in [4.78, 5) is 13.1. The van der Waals surface area contributed by atoms with Gasteiger partial charge in [0, 0.05) is 18.7 Å². The summed E-state index contributed by atoms with van der Waals surface area (Å²) in [5.74, 6) is -0.260. The first-order valence-corrected chi connectivity index (χ1v) is 11.1. The number of carbonyl (C=O) groups is 1. The van der Waals surface area contributed by atoms with Crippen molar-refractivity contribution in [1.82, 2.24) is 9.62 Å². The van der Waals surface area contributed by atoms with Gasteiger partial charge in [-0.1, -0.05) is 29.8 Å². The molecule has 6 heteroatoms. The predicted octanol–water partition coefficient (Wildman–Crippen LogP) is 3.89. The Balaban J connectivity index is 1.86. The topological polar surface area (TPSA) is 66.5 Å². The molecule has 0 spiro atoms. The number of rotatable bonds is 5. The number of aryl methyl sites for hydroxylation is 3. The van der Waals surface area contributed by atoms with Crippen molar-refractivity contribution in [2.45, 2.75) is 51.5 Å². The molecule has 1 aliphatic heterocycles. The molecule has 1 aliphatic rings. The van der Waals surface area contributed by atoms with Gasteiger partial charge in [0.05, 0.1) is 10.9 Å². The fraction of sp³-hybridized carbons (Fsp3) is 0.409. The second-order valence-corrected chi connectivity index (χ2v) is 9.58. The Hall–Kier alpha value is -2.18. The van der Waals surface area contributed by atoms with Crippen LogP contribution in [0.15, 0.2) is 41.3 Å². The van der Waals surface area contributed by atoms with Crippen LogP contribution in [0.1, 0.15) is 58.4 Å². The zero-order valence-electron chi connectivity index (χ0n) is 17.0. The van der Waals surface area contributed by atoms with Crippen LogP contribution in [0, 0.1) is 20.8 Å². The number of hydrogen-bond donors (Lipinski definition) is 1. The highest BCUT2D eigenvalue weighted by Gasteiger charge is 2.28. The summed E-state index contributed by atoms with van der Waals surface area (Å²) in [6.07, 6.45) is 1.76. The van der Waals surface area contributed by atoms with Gasteiger partial charge in [0.25, 0.3) is 5.91 Å². The first-order valence-electron chi connectivity index (χ1n) is 9.69. The summed E-state index contributed by atoms with van der Waals surface area (Å²) < 4.78 is 27.2. The lowest BCUT2D eigenvalue weighted by atomic mass is 9.99. The largest absolute Gasteiger partial charge is 0.345 e. The highest BCUT2D eigenvalue weighted by atomic mass is 32.2. The Labute approximate surface area is 167 Å². The minimum Gasteiger partial charge on any atom is -0.345 e. The molecule has 0 saturated carbocycles. The lowest BCUT2D eigenvalue weighted by Crippen LogP contribution is -2.30. The third-order valence-electron chi connectivity index (χ3n) is 5.41. The second kappa shape index (κ2) is 8.05. The molecule has 0 aromatic heterocycles. The molecule has 1 heterocycles. The molecule has 1 fully saturated rings. The molecule has 2 aromatic carbocycles. The maximum atomic E-state index is 12.9. The van der Waals surface area contributed by atoms with E-state index in [2.05, 4.69) is 11.4 Å². The minimum absolute atomic E-state index is 0.175. The summed E-state index contributed by atoms with van der Waals surface area (Å²) in [7, 11) is -3.55. The van der Waals surface area contributed by atoms with E-state index in [9.17, 15) is 13.2 Å². The van der Waals surface area contributed by atoms with Crippen molar-refractivity contribution in [3.05, 3.63) is 64.2 Å². The molecule has 0 bridgehead atoms. The molecule has 150 valence electrons. The van der Waals surface area contributed by atoms with Gasteiger partial charge in [-0.2, -0.15) is 4.31 Å². The second-order valence-electron chi connectivity index (χ2n) is 7.64. The van der Waals surface area contributed by atoms with E-state index in [-0.39, 0.29) is 16.8 Å². The number of carbonyl (C=O) groups excluding carboxylic acids is 1. The van der Waals surface area contributed by atoms with Gasteiger partial charge >= 0.3 is 0 Å². The van der Waals surface area contributed by atoms with Crippen LogP contribution in [0.2, 0.25) is 0 Å². The zero-order valence-corrected chi connectivity index (χ0v) is 17.8. The number of sulfonamides is 1. The molecule has 1 unspecified atom stereocenters. The van der Waals surface area contributed by atoms with Crippen molar-refractivity contribution in [2.75, 3.05) is 13.1 Å². The number of amides is 1. The third kappa shape index (κ3) is 4.13.